The summed E-state index contributed by atoms with van der Waals surface area (Å²) in [5, 5.41) is 23.7. The predicted molar refractivity (Wildman–Crippen MR) is 131 cm³/mol. The largest absolute Gasteiger partial charge is 0.396 e. The van der Waals surface area contributed by atoms with Crippen LogP contribution in [0.5, 0.6) is 0 Å². The number of benzene rings is 1. The molecule has 2 atom stereocenters. The molecule has 0 aliphatic carbocycles. The minimum absolute atomic E-state index is 0.0438. The SMILES string of the molecule is CC(CO)c1ccc(-c2nc(C(N)=O)c(Nc3cccc(C(CO)N4CCOCC4)n3)s2)cc1. The van der Waals surface area contributed by atoms with Crippen LogP contribution in [0.4, 0.5) is 10.8 Å². The van der Waals surface area contributed by atoms with Crippen molar-refractivity contribution in [2.75, 3.05) is 44.8 Å². The van der Waals surface area contributed by atoms with Crippen molar-refractivity contribution in [3.8, 4) is 10.6 Å². The van der Waals surface area contributed by atoms with Gasteiger partial charge >= 0.3 is 0 Å². The third kappa shape index (κ3) is 5.43. The summed E-state index contributed by atoms with van der Waals surface area (Å²) in [4.78, 5) is 23.4. The van der Waals surface area contributed by atoms with E-state index in [1.807, 2.05) is 43.3 Å². The lowest BCUT2D eigenvalue weighted by Gasteiger charge is -2.33. The Labute approximate surface area is 202 Å². The number of nitrogens with two attached hydrogens (primary N) is 1. The minimum Gasteiger partial charge on any atom is -0.396 e. The first kappa shape index (κ1) is 24.2. The summed E-state index contributed by atoms with van der Waals surface area (Å²) in [5.74, 6) is -0.0513. The zero-order valence-corrected chi connectivity index (χ0v) is 19.8. The number of aliphatic hydroxyl groups excluding tert-OH is 2. The number of nitrogens with zero attached hydrogens (tertiary/aromatic N) is 3. The Kier molecular flexibility index (Phi) is 7.86. The van der Waals surface area contributed by atoms with Crippen molar-refractivity contribution in [1.29, 1.82) is 0 Å². The van der Waals surface area contributed by atoms with E-state index in [0.29, 0.717) is 29.0 Å². The summed E-state index contributed by atoms with van der Waals surface area (Å²) in [6.07, 6.45) is 0. The molecule has 4 rings (SSSR count). The molecule has 0 bridgehead atoms. The van der Waals surface area contributed by atoms with Crippen molar-refractivity contribution in [2.45, 2.75) is 18.9 Å². The third-order valence-electron chi connectivity index (χ3n) is 5.87. The van der Waals surface area contributed by atoms with Gasteiger partial charge in [-0.15, -0.1) is 0 Å². The summed E-state index contributed by atoms with van der Waals surface area (Å²) in [6.45, 7) is 4.67. The van der Waals surface area contributed by atoms with Gasteiger partial charge in [0.25, 0.3) is 5.91 Å². The van der Waals surface area contributed by atoms with Crippen molar-refractivity contribution in [2.24, 2.45) is 5.73 Å². The molecule has 2 aromatic heterocycles. The standard InChI is InChI=1S/C24H29N5O4S/c1-15(13-30)16-5-7-17(8-6-16)23-28-21(22(25)32)24(34-23)27-20-4-2-3-18(26-20)19(14-31)29-9-11-33-12-10-29/h2-8,15,19,30-31H,9-14H2,1H3,(H2,25,32)(H,26,27). The highest BCUT2D eigenvalue weighted by Crippen LogP contribution is 2.34. The minimum atomic E-state index is -0.631. The number of hydrogen-bond donors (Lipinski definition) is 4. The molecular formula is C24H29N5O4S. The van der Waals surface area contributed by atoms with E-state index in [4.69, 9.17) is 10.5 Å². The molecule has 180 valence electrons. The quantitative estimate of drug-likeness (QED) is 0.365. The first-order chi connectivity index (χ1) is 16.5. The maximum Gasteiger partial charge on any atom is 0.270 e. The van der Waals surface area contributed by atoms with E-state index < -0.39 is 5.91 Å². The Morgan fingerprint density at radius 1 is 1.15 bits per heavy atom. The molecule has 34 heavy (non-hydrogen) atoms. The van der Waals surface area contributed by atoms with Gasteiger partial charge in [-0.3, -0.25) is 9.69 Å². The van der Waals surface area contributed by atoms with Crippen LogP contribution in [0.2, 0.25) is 0 Å². The van der Waals surface area contributed by atoms with E-state index in [0.717, 1.165) is 29.9 Å². The van der Waals surface area contributed by atoms with Gasteiger partial charge in [-0.25, -0.2) is 9.97 Å². The monoisotopic (exact) mass is 483 g/mol. The Morgan fingerprint density at radius 2 is 1.88 bits per heavy atom. The predicted octanol–water partition coefficient (Wildman–Crippen LogP) is 2.51. The first-order valence-corrected chi connectivity index (χ1v) is 12.0. The lowest BCUT2D eigenvalue weighted by Crippen LogP contribution is -2.40. The number of nitrogens with one attached hydrogen (secondary N) is 1. The van der Waals surface area contributed by atoms with E-state index in [1.54, 1.807) is 6.07 Å². The summed E-state index contributed by atoms with van der Waals surface area (Å²) in [6, 6.07) is 13.0. The molecule has 3 heterocycles. The van der Waals surface area contributed by atoms with Gasteiger partial charge in [-0.2, -0.15) is 0 Å². The van der Waals surface area contributed by atoms with Crippen LogP contribution in [0.25, 0.3) is 10.6 Å². The number of primary amides is 1. The summed E-state index contributed by atoms with van der Waals surface area (Å²) in [7, 11) is 0. The van der Waals surface area contributed by atoms with E-state index in [1.165, 1.54) is 11.3 Å². The molecule has 2 unspecified atom stereocenters. The fourth-order valence-electron chi connectivity index (χ4n) is 3.86. The average molecular weight is 484 g/mol. The highest BCUT2D eigenvalue weighted by Gasteiger charge is 2.24. The number of hydrogen-bond acceptors (Lipinski definition) is 9. The Balaban J connectivity index is 1.58. The molecule has 1 saturated heterocycles. The lowest BCUT2D eigenvalue weighted by atomic mass is 10.0. The highest BCUT2D eigenvalue weighted by atomic mass is 32.1. The molecule has 1 aliphatic rings. The van der Waals surface area contributed by atoms with Crippen LogP contribution < -0.4 is 11.1 Å². The van der Waals surface area contributed by atoms with Crippen molar-refractivity contribution < 1.29 is 19.7 Å². The van der Waals surface area contributed by atoms with Crippen LogP contribution in [0.3, 0.4) is 0 Å². The van der Waals surface area contributed by atoms with Crippen molar-refractivity contribution in [3.63, 3.8) is 0 Å². The Hall–Kier alpha value is -2.89. The van der Waals surface area contributed by atoms with Crippen LogP contribution in [0, 0.1) is 0 Å². The summed E-state index contributed by atoms with van der Waals surface area (Å²) < 4.78 is 5.41. The normalized spacial score (nSPS) is 16.2. The lowest BCUT2D eigenvalue weighted by molar-refractivity contribution is 0.00158. The Bertz CT molecular complexity index is 1110. The van der Waals surface area contributed by atoms with E-state index in [-0.39, 0.29) is 30.9 Å². The summed E-state index contributed by atoms with van der Waals surface area (Å²) >= 11 is 1.32. The molecule has 3 aromatic rings. The van der Waals surface area contributed by atoms with Crippen LogP contribution in [-0.2, 0) is 4.74 Å². The molecule has 1 aromatic carbocycles. The van der Waals surface area contributed by atoms with Gasteiger partial charge in [-0.05, 0) is 17.7 Å². The van der Waals surface area contributed by atoms with Crippen LogP contribution in [-0.4, -0.2) is 70.5 Å². The number of carbonyl (C=O) groups is 1. The van der Waals surface area contributed by atoms with Gasteiger partial charge in [-0.1, -0.05) is 48.6 Å². The smallest absolute Gasteiger partial charge is 0.270 e. The molecule has 10 heteroatoms. The maximum atomic E-state index is 12.1. The summed E-state index contributed by atoms with van der Waals surface area (Å²) in [5.41, 5.74) is 8.35. The number of ether oxygens (including phenoxy) is 1. The van der Waals surface area contributed by atoms with E-state index in [9.17, 15) is 15.0 Å². The Morgan fingerprint density at radius 3 is 2.53 bits per heavy atom. The van der Waals surface area contributed by atoms with E-state index in [2.05, 4.69) is 20.2 Å². The number of thiazole rings is 1. The van der Waals surface area contributed by atoms with Crippen LogP contribution in [0.15, 0.2) is 42.5 Å². The number of morpholine rings is 1. The second kappa shape index (κ2) is 11.0. The fourth-order valence-corrected chi connectivity index (χ4v) is 4.85. The zero-order valence-electron chi connectivity index (χ0n) is 19.0. The molecule has 0 saturated carbocycles. The van der Waals surface area contributed by atoms with Crippen molar-refractivity contribution in [3.05, 3.63) is 59.4 Å². The molecule has 1 fully saturated rings. The molecular weight excluding hydrogens is 454 g/mol. The van der Waals surface area contributed by atoms with Crippen molar-refractivity contribution >= 4 is 28.1 Å². The van der Waals surface area contributed by atoms with Crippen LogP contribution in [0.1, 0.15) is 40.6 Å². The average Bonchev–Trinajstić information content (AvgIpc) is 3.29. The number of aliphatic hydroxyl groups is 2. The van der Waals surface area contributed by atoms with Gasteiger partial charge in [0.2, 0.25) is 0 Å². The molecule has 1 amide bonds. The van der Waals surface area contributed by atoms with Gasteiger partial charge in [0.1, 0.15) is 15.8 Å². The second-order valence-electron chi connectivity index (χ2n) is 8.19. The molecule has 1 aliphatic heterocycles. The first-order valence-electron chi connectivity index (χ1n) is 11.2. The number of anilines is 2. The third-order valence-corrected chi connectivity index (χ3v) is 6.89. The van der Waals surface area contributed by atoms with Gasteiger partial charge in [0.15, 0.2) is 5.69 Å². The number of aromatic nitrogens is 2. The fraction of sp³-hybridized carbons (Fsp3) is 0.375. The topological polar surface area (TPSA) is 134 Å². The highest BCUT2D eigenvalue weighted by molar-refractivity contribution is 7.19. The second-order valence-corrected chi connectivity index (χ2v) is 9.19. The molecule has 5 N–H and O–H groups in total. The zero-order chi connectivity index (χ0) is 24.1. The van der Waals surface area contributed by atoms with Gasteiger partial charge < -0.3 is 26.0 Å². The van der Waals surface area contributed by atoms with Gasteiger partial charge in [0.05, 0.1) is 31.6 Å². The number of carbonyl (C=O) groups excluding carboxylic acids is 1. The number of rotatable bonds is 9. The van der Waals surface area contributed by atoms with Crippen LogP contribution >= 0.6 is 11.3 Å². The molecule has 0 radical (unpaired) electrons. The maximum absolute atomic E-state index is 12.1. The van der Waals surface area contributed by atoms with E-state index >= 15 is 0 Å². The molecule has 9 nitrogen and oxygen atoms in total. The van der Waals surface area contributed by atoms with Gasteiger partial charge in [0, 0.05) is 31.2 Å². The van der Waals surface area contributed by atoms with Crippen molar-refractivity contribution in [1.82, 2.24) is 14.9 Å². The molecule has 0 spiro atoms. The number of amides is 1. The number of pyridine rings is 1.